The van der Waals surface area contributed by atoms with E-state index >= 15 is 0 Å². The predicted molar refractivity (Wildman–Crippen MR) is 125 cm³/mol. The molecule has 0 unspecified atom stereocenters. The number of nitrogens with one attached hydrogen (secondary N) is 2. The zero-order valence-corrected chi connectivity index (χ0v) is 20.5. The van der Waals surface area contributed by atoms with Crippen LogP contribution in [0.1, 0.15) is 30.1 Å². The molecule has 154 valence electrons. The molecule has 1 heterocycles. The molecule has 9 heteroatoms. The van der Waals surface area contributed by atoms with Gasteiger partial charge in [0.25, 0.3) is 0 Å². The van der Waals surface area contributed by atoms with Crippen LogP contribution in [0.15, 0.2) is 33.7 Å². The van der Waals surface area contributed by atoms with Crippen molar-refractivity contribution in [1.29, 1.82) is 0 Å². The molecule has 1 saturated carbocycles. The number of methoxy groups -OCH3 is 1. The second-order valence-electron chi connectivity index (χ2n) is 6.92. The Morgan fingerprint density at radius 3 is 2.64 bits per heavy atom. The lowest BCUT2D eigenvalue weighted by Crippen LogP contribution is -2.42. The molecule has 0 bridgehead atoms. The molecule has 0 radical (unpaired) electrons. The number of aromatic nitrogens is 3. The molecular weight excluding hydrogens is 535 g/mol. The van der Waals surface area contributed by atoms with Crippen LogP contribution in [0.25, 0.3) is 0 Å². The number of nitrogens with zero attached hydrogens (tertiary/aromatic N) is 4. The van der Waals surface area contributed by atoms with Gasteiger partial charge in [-0.3, -0.25) is 0 Å². The SMILES string of the molecule is COCCNC(=NCc1nnc(C)n1C)NCC1(c2ccccc2Br)CC1.I. The smallest absolute Gasteiger partial charge is 0.191 e. The summed E-state index contributed by atoms with van der Waals surface area (Å²) in [5, 5.41) is 15.1. The maximum atomic E-state index is 5.14. The average molecular weight is 563 g/mol. The molecule has 28 heavy (non-hydrogen) atoms. The van der Waals surface area contributed by atoms with Crippen LogP contribution in [-0.4, -0.2) is 47.5 Å². The Morgan fingerprint density at radius 2 is 2.04 bits per heavy atom. The van der Waals surface area contributed by atoms with Crippen molar-refractivity contribution in [1.82, 2.24) is 25.4 Å². The largest absolute Gasteiger partial charge is 0.383 e. The fourth-order valence-electron chi connectivity index (χ4n) is 3.02. The molecular formula is C19H28BrIN6O. The normalized spacial score (nSPS) is 15.1. The highest BCUT2D eigenvalue weighted by Crippen LogP contribution is 2.49. The predicted octanol–water partition coefficient (Wildman–Crippen LogP) is 2.92. The van der Waals surface area contributed by atoms with Crippen molar-refractivity contribution in [2.24, 2.45) is 12.0 Å². The third-order valence-corrected chi connectivity index (χ3v) is 5.74. The Hall–Kier alpha value is -1.20. The third kappa shape index (κ3) is 5.66. The Morgan fingerprint density at radius 1 is 1.29 bits per heavy atom. The summed E-state index contributed by atoms with van der Waals surface area (Å²) in [6, 6.07) is 8.47. The number of hydrogen-bond acceptors (Lipinski definition) is 4. The number of guanidine groups is 1. The van der Waals surface area contributed by atoms with E-state index in [1.165, 1.54) is 22.9 Å². The maximum Gasteiger partial charge on any atom is 0.191 e. The molecule has 0 saturated heterocycles. The summed E-state index contributed by atoms with van der Waals surface area (Å²) in [7, 11) is 3.65. The Balaban J connectivity index is 0.00000280. The van der Waals surface area contributed by atoms with Gasteiger partial charge in [0.1, 0.15) is 12.4 Å². The molecule has 2 N–H and O–H groups in total. The molecule has 7 nitrogen and oxygen atoms in total. The lowest BCUT2D eigenvalue weighted by Gasteiger charge is -2.20. The summed E-state index contributed by atoms with van der Waals surface area (Å²) in [6.07, 6.45) is 2.35. The molecule has 0 spiro atoms. The van der Waals surface area contributed by atoms with Gasteiger partial charge in [-0.2, -0.15) is 0 Å². The summed E-state index contributed by atoms with van der Waals surface area (Å²) in [6.45, 7) is 4.57. The van der Waals surface area contributed by atoms with Crippen LogP contribution in [0.2, 0.25) is 0 Å². The zero-order chi connectivity index (χ0) is 19.3. The summed E-state index contributed by atoms with van der Waals surface area (Å²) in [5.74, 6) is 2.49. The van der Waals surface area contributed by atoms with Crippen LogP contribution in [0.5, 0.6) is 0 Å². The van der Waals surface area contributed by atoms with Crippen LogP contribution in [0, 0.1) is 6.92 Å². The van der Waals surface area contributed by atoms with Gasteiger partial charge < -0.3 is 19.9 Å². The second-order valence-corrected chi connectivity index (χ2v) is 7.77. The van der Waals surface area contributed by atoms with Gasteiger partial charge in [0.2, 0.25) is 0 Å². The number of aliphatic imine (C=N–C) groups is 1. The highest BCUT2D eigenvalue weighted by Gasteiger charge is 2.45. The first-order chi connectivity index (χ1) is 13.1. The molecule has 1 aromatic carbocycles. The minimum Gasteiger partial charge on any atom is -0.383 e. The van der Waals surface area contributed by atoms with Crippen molar-refractivity contribution in [3.05, 3.63) is 46.0 Å². The highest BCUT2D eigenvalue weighted by molar-refractivity contribution is 14.0. The Labute approximate surface area is 191 Å². The Kier molecular flexibility index (Phi) is 8.69. The van der Waals surface area contributed by atoms with E-state index in [4.69, 9.17) is 9.73 Å². The molecule has 3 rings (SSSR count). The van der Waals surface area contributed by atoms with Gasteiger partial charge in [0.05, 0.1) is 6.61 Å². The van der Waals surface area contributed by atoms with Gasteiger partial charge in [0.15, 0.2) is 11.8 Å². The van der Waals surface area contributed by atoms with Crippen molar-refractivity contribution in [2.75, 3.05) is 26.8 Å². The average Bonchev–Trinajstić information content (AvgIpc) is 3.39. The van der Waals surface area contributed by atoms with E-state index in [2.05, 4.69) is 61.0 Å². The van der Waals surface area contributed by atoms with Gasteiger partial charge in [-0.1, -0.05) is 34.1 Å². The summed E-state index contributed by atoms with van der Waals surface area (Å²) < 4.78 is 8.27. The van der Waals surface area contributed by atoms with E-state index in [9.17, 15) is 0 Å². The van der Waals surface area contributed by atoms with Crippen LogP contribution in [0.3, 0.4) is 0 Å². The molecule has 0 amide bonds. The Bertz CT molecular complexity index is 805. The number of hydrogen-bond donors (Lipinski definition) is 2. The first kappa shape index (κ1) is 23.1. The maximum absolute atomic E-state index is 5.14. The first-order valence-corrected chi connectivity index (χ1v) is 9.96. The van der Waals surface area contributed by atoms with Crippen LogP contribution < -0.4 is 10.6 Å². The molecule has 1 aromatic heterocycles. The first-order valence-electron chi connectivity index (χ1n) is 9.17. The minimum atomic E-state index is 0. The van der Waals surface area contributed by atoms with Gasteiger partial charge in [0, 0.05) is 37.1 Å². The van der Waals surface area contributed by atoms with Gasteiger partial charge >= 0.3 is 0 Å². The van der Waals surface area contributed by atoms with E-state index in [0.29, 0.717) is 19.7 Å². The minimum absolute atomic E-state index is 0. The fraction of sp³-hybridized carbons (Fsp3) is 0.526. The van der Waals surface area contributed by atoms with E-state index in [1.54, 1.807) is 7.11 Å². The zero-order valence-electron chi connectivity index (χ0n) is 16.5. The third-order valence-electron chi connectivity index (χ3n) is 5.05. The number of ether oxygens (including phenoxy) is 1. The number of benzene rings is 1. The van der Waals surface area contributed by atoms with E-state index in [1.807, 2.05) is 18.5 Å². The molecule has 0 aliphatic heterocycles. The van der Waals surface area contributed by atoms with E-state index in [0.717, 1.165) is 24.2 Å². The number of halogens is 2. The molecule has 0 atom stereocenters. The van der Waals surface area contributed by atoms with Gasteiger partial charge in [-0.25, -0.2) is 4.99 Å². The van der Waals surface area contributed by atoms with Crippen LogP contribution in [0.4, 0.5) is 0 Å². The second kappa shape index (κ2) is 10.5. The molecule has 1 aliphatic rings. The quantitative estimate of drug-likeness (QED) is 0.224. The van der Waals surface area contributed by atoms with E-state index in [-0.39, 0.29) is 29.4 Å². The van der Waals surface area contributed by atoms with Crippen molar-refractivity contribution in [2.45, 2.75) is 31.7 Å². The van der Waals surface area contributed by atoms with Gasteiger partial charge in [-0.05, 0) is 31.4 Å². The lowest BCUT2D eigenvalue weighted by molar-refractivity contribution is 0.203. The van der Waals surface area contributed by atoms with Crippen molar-refractivity contribution in [3.63, 3.8) is 0 Å². The topological polar surface area (TPSA) is 76.4 Å². The number of aryl methyl sites for hydroxylation is 1. The molecule has 2 aromatic rings. The molecule has 1 aliphatic carbocycles. The van der Waals surface area contributed by atoms with Crippen molar-refractivity contribution in [3.8, 4) is 0 Å². The van der Waals surface area contributed by atoms with Crippen LogP contribution >= 0.6 is 39.9 Å². The van der Waals surface area contributed by atoms with E-state index < -0.39 is 0 Å². The number of rotatable bonds is 8. The summed E-state index contributed by atoms with van der Waals surface area (Å²) in [4.78, 5) is 4.69. The molecule has 1 fully saturated rings. The highest BCUT2D eigenvalue weighted by atomic mass is 127. The monoisotopic (exact) mass is 562 g/mol. The van der Waals surface area contributed by atoms with Crippen LogP contribution in [-0.2, 0) is 23.7 Å². The standard InChI is InChI=1S/C19H27BrN6O.HI/c1-14-24-25-17(26(14)2)12-22-18(21-10-11-27-3)23-13-19(8-9-19)15-6-4-5-7-16(15)20;/h4-7H,8-13H2,1-3H3,(H2,21,22,23);1H. The van der Waals surface area contributed by atoms with Crippen molar-refractivity contribution >= 4 is 45.9 Å². The summed E-state index contributed by atoms with van der Waals surface area (Å²) >= 11 is 3.69. The van der Waals surface area contributed by atoms with Crippen molar-refractivity contribution < 1.29 is 4.74 Å². The fourth-order valence-corrected chi connectivity index (χ4v) is 3.73. The lowest BCUT2D eigenvalue weighted by atomic mass is 9.96. The summed E-state index contributed by atoms with van der Waals surface area (Å²) in [5.41, 5.74) is 1.53. The van der Waals surface area contributed by atoms with Gasteiger partial charge in [-0.15, -0.1) is 34.2 Å².